The molecule has 0 heterocycles. The van der Waals surface area contributed by atoms with E-state index in [1.54, 1.807) is 38.1 Å². The lowest BCUT2D eigenvalue weighted by atomic mass is 10.1. The molecule has 0 atom stereocenters. The fraction of sp³-hybridized carbons (Fsp3) is 0.133. The number of hydrogen-bond acceptors (Lipinski definition) is 3. The molecule has 2 aromatic rings. The Balaban J connectivity index is 2.46. The van der Waals surface area contributed by atoms with Gasteiger partial charge in [-0.1, -0.05) is 29.3 Å². The Morgan fingerprint density at radius 1 is 1.18 bits per heavy atom. The second-order valence-corrected chi connectivity index (χ2v) is 6.85. The third kappa shape index (κ3) is 3.47. The molecule has 0 aromatic heterocycles. The molecule has 22 heavy (non-hydrogen) atoms. The van der Waals surface area contributed by atoms with Gasteiger partial charge in [-0.05, 0) is 43.7 Å². The maximum Gasteiger partial charge on any atom is 0.257 e. The number of halogens is 1. The van der Waals surface area contributed by atoms with Crippen LogP contribution in [0.15, 0.2) is 41.3 Å². The molecule has 0 saturated carbocycles. The summed E-state index contributed by atoms with van der Waals surface area (Å²) >= 11 is 6.01. The van der Waals surface area contributed by atoms with Gasteiger partial charge in [0.1, 0.15) is 0 Å². The van der Waals surface area contributed by atoms with Gasteiger partial charge in [0.25, 0.3) is 5.91 Å². The van der Waals surface area contributed by atoms with Crippen molar-refractivity contribution in [3.63, 3.8) is 0 Å². The average Bonchev–Trinajstić information content (AvgIpc) is 2.42. The second-order valence-electron chi connectivity index (χ2n) is 4.91. The molecular weight excluding hydrogens is 324 g/mol. The normalized spacial score (nSPS) is 11.3. The summed E-state index contributed by atoms with van der Waals surface area (Å²) in [6.45, 7) is 3.52. The second kappa shape index (κ2) is 6.08. The van der Waals surface area contributed by atoms with Crippen molar-refractivity contribution in [2.75, 3.05) is 5.32 Å². The molecule has 2 rings (SSSR count). The van der Waals surface area contributed by atoms with Crippen LogP contribution in [0, 0.1) is 13.8 Å². The minimum absolute atomic E-state index is 0.00174. The molecular formula is C15H15ClN2O3S. The van der Waals surface area contributed by atoms with Crippen molar-refractivity contribution in [3.05, 3.63) is 58.1 Å². The summed E-state index contributed by atoms with van der Waals surface area (Å²) in [5.41, 5.74) is 1.96. The molecule has 0 aliphatic heterocycles. The number of nitrogens with one attached hydrogen (secondary N) is 1. The number of rotatable bonds is 3. The van der Waals surface area contributed by atoms with Crippen LogP contribution in [-0.4, -0.2) is 14.3 Å². The van der Waals surface area contributed by atoms with Crippen molar-refractivity contribution in [2.24, 2.45) is 5.14 Å². The van der Waals surface area contributed by atoms with E-state index in [-0.39, 0.29) is 10.5 Å². The van der Waals surface area contributed by atoms with E-state index in [0.29, 0.717) is 16.3 Å². The highest BCUT2D eigenvalue weighted by atomic mass is 35.5. The lowest BCUT2D eigenvalue weighted by molar-refractivity contribution is 0.102. The van der Waals surface area contributed by atoms with E-state index in [2.05, 4.69) is 5.32 Å². The Morgan fingerprint density at radius 3 is 2.50 bits per heavy atom. The highest BCUT2D eigenvalue weighted by Gasteiger charge is 2.20. The lowest BCUT2D eigenvalue weighted by Crippen LogP contribution is -2.21. The predicted molar refractivity (Wildman–Crippen MR) is 86.7 cm³/mol. The van der Waals surface area contributed by atoms with Gasteiger partial charge in [-0.15, -0.1) is 0 Å². The zero-order valence-corrected chi connectivity index (χ0v) is 13.6. The lowest BCUT2D eigenvalue weighted by Gasteiger charge is -2.12. The van der Waals surface area contributed by atoms with Gasteiger partial charge in [-0.25, -0.2) is 13.6 Å². The summed E-state index contributed by atoms with van der Waals surface area (Å²) in [6, 6.07) is 9.48. The fourth-order valence-corrected chi connectivity index (χ4v) is 2.89. The summed E-state index contributed by atoms with van der Waals surface area (Å²) in [6.07, 6.45) is 0. The molecule has 5 nitrogen and oxygen atoms in total. The van der Waals surface area contributed by atoms with Crippen molar-refractivity contribution in [1.29, 1.82) is 0 Å². The van der Waals surface area contributed by atoms with E-state index < -0.39 is 15.9 Å². The summed E-state index contributed by atoms with van der Waals surface area (Å²) < 4.78 is 23.2. The van der Waals surface area contributed by atoms with Crippen LogP contribution in [0.2, 0.25) is 5.02 Å². The summed E-state index contributed by atoms with van der Waals surface area (Å²) in [7, 11) is -3.99. The summed E-state index contributed by atoms with van der Waals surface area (Å²) in [5, 5.41) is 8.34. The average molecular weight is 339 g/mol. The summed E-state index contributed by atoms with van der Waals surface area (Å²) in [5.74, 6) is -0.557. The van der Waals surface area contributed by atoms with E-state index in [4.69, 9.17) is 16.7 Å². The van der Waals surface area contributed by atoms with Gasteiger partial charge in [-0.3, -0.25) is 4.79 Å². The van der Waals surface area contributed by atoms with E-state index >= 15 is 0 Å². The van der Waals surface area contributed by atoms with Crippen LogP contribution < -0.4 is 10.5 Å². The minimum Gasteiger partial charge on any atom is -0.322 e. The number of primary sulfonamides is 1. The van der Waals surface area contributed by atoms with Crippen molar-refractivity contribution in [1.82, 2.24) is 0 Å². The Hall–Kier alpha value is -1.89. The van der Waals surface area contributed by atoms with Crippen LogP contribution in [-0.2, 0) is 10.0 Å². The van der Waals surface area contributed by atoms with Gasteiger partial charge < -0.3 is 5.32 Å². The molecule has 0 spiro atoms. The number of amides is 1. The third-order valence-electron chi connectivity index (χ3n) is 3.20. The van der Waals surface area contributed by atoms with Crippen LogP contribution >= 0.6 is 11.6 Å². The quantitative estimate of drug-likeness (QED) is 0.901. The van der Waals surface area contributed by atoms with Gasteiger partial charge >= 0.3 is 0 Å². The predicted octanol–water partition coefficient (Wildman–Crippen LogP) is 2.86. The number of carbonyl (C=O) groups is 1. The van der Waals surface area contributed by atoms with E-state index in [0.717, 1.165) is 5.56 Å². The Kier molecular flexibility index (Phi) is 4.55. The molecule has 7 heteroatoms. The zero-order valence-electron chi connectivity index (χ0n) is 12.1. The largest absolute Gasteiger partial charge is 0.322 e. The van der Waals surface area contributed by atoms with E-state index in [9.17, 15) is 13.2 Å². The first-order valence-corrected chi connectivity index (χ1v) is 8.32. The minimum atomic E-state index is -3.99. The van der Waals surface area contributed by atoms with Crippen molar-refractivity contribution in [2.45, 2.75) is 18.7 Å². The Bertz CT molecular complexity index is 848. The third-order valence-corrected chi connectivity index (χ3v) is 4.58. The molecule has 0 fully saturated rings. The van der Waals surface area contributed by atoms with Gasteiger partial charge in [0.2, 0.25) is 10.0 Å². The number of benzene rings is 2. The van der Waals surface area contributed by atoms with E-state index in [1.807, 2.05) is 0 Å². The number of anilines is 1. The SMILES string of the molecule is Cc1ccc(S(N)(=O)=O)c(C(=O)Nc2cccc(Cl)c2C)c1. The summed E-state index contributed by atoms with van der Waals surface area (Å²) in [4.78, 5) is 12.2. The molecule has 1 amide bonds. The topological polar surface area (TPSA) is 89.3 Å². The van der Waals surface area contributed by atoms with Crippen molar-refractivity contribution >= 4 is 33.2 Å². The Morgan fingerprint density at radius 2 is 1.86 bits per heavy atom. The molecule has 0 aliphatic rings. The van der Waals surface area contributed by atoms with Crippen LogP contribution in [0.5, 0.6) is 0 Å². The number of hydrogen-bond donors (Lipinski definition) is 2. The molecule has 3 N–H and O–H groups in total. The zero-order chi connectivity index (χ0) is 16.5. The first-order valence-electron chi connectivity index (χ1n) is 6.40. The first kappa shape index (κ1) is 16.5. The number of nitrogens with two attached hydrogens (primary N) is 1. The van der Waals surface area contributed by atoms with Crippen molar-refractivity contribution < 1.29 is 13.2 Å². The highest BCUT2D eigenvalue weighted by molar-refractivity contribution is 7.89. The molecule has 116 valence electrons. The van der Waals surface area contributed by atoms with Crippen molar-refractivity contribution in [3.8, 4) is 0 Å². The van der Waals surface area contributed by atoms with Gasteiger partial charge in [0, 0.05) is 10.7 Å². The van der Waals surface area contributed by atoms with Gasteiger partial charge in [0.05, 0.1) is 10.5 Å². The van der Waals surface area contributed by atoms with Crippen LogP contribution in [0.25, 0.3) is 0 Å². The number of carbonyl (C=O) groups excluding carboxylic acids is 1. The van der Waals surface area contributed by atoms with Gasteiger partial charge in [0.15, 0.2) is 0 Å². The number of sulfonamides is 1. The molecule has 0 bridgehead atoms. The molecule has 0 aliphatic carbocycles. The molecule has 0 saturated heterocycles. The standard InChI is InChI=1S/C15H15ClN2O3S/c1-9-6-7-14(22(17,20)21)11(8-9)15(19)18-13-5-3-4-12(16)10(13)2/h3-8H,1-2H3,(H,18,19)(H2,17,20,21). The smallest absolute Gasteiger partial charge is 0.257 e. The van der Waals surface area contributed by atoms with Crippen LogP contribution in [0.4, 0.5) is 5.69 Å². The van der Waals surface area contributed by atoms with Gasteiger partial charge in [-0.2, -0.15) is 0 Å². The maximum atomic E-state index is 12.4. The van der Waals surface area contributed by atoms with Crippen LogP contribution in [0.1, 0.15) is 21.5 Å². The number of aryl methyl sites for hydroxylation is 1. The Labute approximate surface area is 134 Å². The monoisotopic (exact) mass is 338 g/mol. The first-order chi connectivity index (χ1) is 10.2. The molecule has 0 radical (unpaired) electrons. The fourth-order valence-electron chi connectivity index (χ4n) is 2.00. The highest BCUT2D eigenvalue weighted by Crippen LogP contribution is 2.24. The maximum absolute atomic E-state index is 12.4. The molecule has 2 aromatic carbocycles. The van der Waals surface area contributed by atoms with Crippen LogP contribution in [0.3, 0.4) is 0 Å². The molecule has 0 unspecified atom stereocenters. The van der Waals surface area contributed by atoms with E-state index in [1.165, 1.54) is 12.1 Å².